The summed E-state index contributed by atoms with van der Waals surface area (Å²) in [6.45, 7) is 0.704. The van der Waals surface area contributed by atoms with Gasteiger partial charge in [-0.3, -0.25) is 9.36 Å². The van der Waals surface area contributed by atoms with Crippen molar-refractivity contribution >= 4 is 5.69 Å². The number of hydrogen-bond donors (Lipinski definition) is 1. The summed E-state index contributed by atoms with van der Waals surface area (Å²) in [7, 11) is 0. The maximum Gasteiger partial charge on any atom is 0.277 e. The lowest BCUT2D eigenvalue weighted by atomic mass is 10.1. The maximum absolute atomic E-state index is 12.2. The first-order chi connectivity index (χ1) is 8.77. The minimum atomic E-state index is -0.159. The van der Waals surface area contributed by atoms with Crippen LogP contribution in [0.5, 0.6) is 0 Å². The quantitative estimate of drug-likeness (QED) is 0.793. The van der Waals surface area contributed by atoms with E-state index in [9.17, 15) is 4.79 Å². The SMILES string of the molecule is Nc1c(-c2ccncn2)nc2n(c1=O)CCCC2. The van der Waals surface area contributed by atoms with Crippen molar-refractivity contribution in [3.05, 3.63) is 34.8 Å². The highest BCUT2D eigenvalue weighted by Crippen LogP contribution is 2.20. The predicted octanol–water partition coefficient (Wildman–Crippen LogP) is 0.619. The molecule has 1 aliphatic rings. The molecule has 18 heavy (non-hydrogen) atoms. The Morgan fingerprint density at radius 2 is 2.22 bits per heavy atom. The van der Waals surface area contributed by atoms with Gasteiger partial charge in [-0.2, -0.15) is 0 Å². The van der Waals surface area contributed by atoms with Crippen molar-refractivity contribution < 1.29 is 0 Å². The Labute approximate surface area is 104 Å². The molecule has 0 saturated carbocycles. The number of anilines is 1. The summed E-state index contributed by atoms with van der Waals surface area (Å²) in [4.78, 5) is 24.6. The van der Waals surface area contributed by atoms with Crippen molar-refractivity contribution in [3.8, 4) is 11.4 Å². The van der Waals surface area contributed by atoms with E-state index in [1.54, 1.807) is 16.8 Å². The highest BCUT2D eigenvalue weighted by Gasteiger charge is 2.18. The lowest BCUT2D eigenvalue weighted by molar-refractivity contribution is 0.498. The molecule has 0 unspecified atom stereocenters. The molecule has 2 aromatic rings. The van der Waals surface area contributed by atoms with Crippen molar-refractivity contribution in [2.24, 2.45) is 0 Å². The third kappa shape index (κ3) is 1.66. The van der Waals surface area contributed by atoms with Crippen LogP contribution in [0.15, 0.2) is 23.4 Å². The Balaban J connectivity index is 2.23. The van der Waals surface area contributed by atoms with Crippen LogP contribution in [-0.4, -0.2) is 19.5 Å². The second kappa shape index (κ2) is 4.21. The fourth-order valence-corrected chi connectivity index (χ4v) is 2.21. The van der Waals surface area contributed by atoms with E-state index in [2.05, 4.69) is 15.0 Å². The summed E-state index contributed by atoms with van der Waals surface area (Å²) in [5.41, 5.74) is 6.95. The molecule has 0 atom stereocenters. The van der Waals surface area contributed by atoms with Crippen molar-refractivity contribution in [1.82, 2.24) is 19.5 Å². The number of fused-ring (bicyclic) bond motifs is 1. The molecular weight excluding hydrogens is 230 g/mol. The number of nitrogens with two attached hydrogens (primary N) is 1. The number of aromatic nitrogens is 4. The number of aryl methyl sites for hydroxylation is 1. The van der Waals surface area contributed by atoms with E-state index in [0.717, 1.165) is 25.1 Å². The normalized spacial score (nSPS) is 14.2. The van der Waals surface area contributed by atoms with Crippen molar-refractivity contribution in [3.63, 3.8) is 0 Å². The van der Waals surface area contributed by atoms with Gasteiger partial charge < -0.3 is 5.73 Å². The number of nitrogen functional groups attached to an aromatic ring is 1. The summed E-state index contributed by atoms with van der Waals surface area (Å²) in [5.74, 6) is 0.800. The molecule has 0 aliphatic carbocycles. The van der Waals surface area contributed by atoms with Crippen LogP contribution in [0.25, 0.3) is 11.4 Å². The summed E-state index contributed by atoms with van der Waals surface area (Å²) < 4.78 is 1.67. The zero-order valence-corrected chi connectivity index (χ0v) is 9.83. The van der Waals surface area contributed by atoms with E-state index >= 15 is 0 Å². The molecule has 2 aromatic heterocycles. The minimum absolute atomic E-state index is 0.159. The molecule has 6 nitrogen and oxygen atoms in total. The Hall–Kier alpha value is -2.24. The molecule has 0 aromatic carbocycles. The van der Waals surface area contributed by atoms with Gasteiger partial charge in [0.1, 0.15) is 23.5 Å². The summed E-state index contributed by atoms with van der Waals surface area (Å²) in [5, 5.41) is 0. The fraction of sp³-hybridized carbons (Fsp3) is 0.333. The minimum Gasteiger partial charge on any atom is -0.392 e. The predicted molar refractivity (Wildman–Crippen MR) is 66.9 cm³/mol. The van der Waals surface area contributed by atoms with Crippen LogP contribution < -0.4 is 11.3 Å². The van der Waals surface area contributed by atoms with Crippen LogP contribution in [-0.2, 0) is 13.0 Å². The van der Waals surface area contributed by atoms with Gasteiger partial charge in [-0.05, 0) is 18.9 Å². The molecule has 0 radical (unpaired) electrons. The van der Waals surface area contributed by atoms with Gasteiger partial charge in [-0.15, -0.1) is 0 Å². The number of hydrogen-bond acceptors (Lipinski definition) is 5. The van der Waals surface area contributed by atoms with E-state index in [4.69, 9.17) is 5.73 Å². The highest BCUT2D eigenvalue weighted by atomic mass is 16.1. The van der Waals surface area contributed by atoms with Crippen LogP contribution in [0.3, 0.4) is 0 Å². The monoisotopic (exact) mass is 243 g/mol. The molecule has 0 bridgehead atoms. The Bertz CT molecular complexity index is 635. The first-order valence-corrected chi connectivity index (χ1v) is 5.93. The van der Waals surface area contributed by atoms with Crippen LogP contribution in [0, 0.1) is 0 Å². The molecule has 3 heterocycles. The first-order valence-electron chi connectivity index (χ1n) is 5.93. The Morgan fingerprint density at radius 1 is 1.33 bits per heavy atom. The van der Waals surface area contributed by atoms with Gasteiger partial charge in [0.25, 0.3) is 5.56 Å². The van der Waals surface area contributed by atoms with Crippen molar-refractivity contribution in [1.29, 1.82) is 0 Å². The first kappa shape index (κ1) is 10.9. The molecule has 0 saturated heterocycles. The standard InChI is InChI=1S/C12H13N5O/c13-10-11(8-4-5-14-7-15-8)16-9-3-1-2-6-17(9)12(10)18/h4-5,7H,1-3,6,13H2. The molecule has 1 aliphatic heterocycles. The summed E-state index contributed by atoms with van der Waals surface area (Å²) in [6, 6.07) is 1.71. The molecule has 0 fully saturated rings. The molecule has 0 spiro atoms. The Kier molecular flexibility index (Phi) is 2.55. The van der Waals surface area contributed by atoms with Crippen LogP contribution in [0.4, 0.5) is 5.69 Å². The van der Waals surface area contributed by atoms with Gasteiger partial charge >= 0.3 is 0 Å². The molecule has 3 rings (SSSR count). The fourth-order valence-electron chi connectivity index (χ4n) is 2.21. The highest BCUT2D eigenvalue weighted by molar-refractivity contribution is 5.68. The third-order valence-electron chi connectivity index (χ3n) is 3.14. The number of nitrogens with zero attached hydrogens (tertiary/aromatic N) is 4. The summed E-state index contributed by atoms with van der Waals surface area (Å²) >= 11 is 0. The van der Waals surface area contributed by atoms with Gasteiger partial charge in [0.2, 0.25) is 0 Å². The molecule has 92 valence electrons. The zero-order chi connectivity index (χ0) is 12.5. The average molecular weight is 243 g/mol. The second-order valence-electron chi connectivity index (χ2n) is 4.30. The van der Waals surface area contributed by atoms with Gasteiger partial charge in [0, 0.05) is 19.2 Å². The molecule has 0 amide bonds. The number of rotatable bonds is 1. The second-order valence-corrected chi connectivity index (χ2v) is 4.30. The van der Waals surface area contributed by atoms with Crippen LogP contribution >= 0.6 is 0 Å². The van der Waals surface area contributed by atoms with Crippen molar-refractivity contribution in [2.75, 3.05) is 5.73 Å². The maximum atomic E-state index is 12.2. The van der Waals surface area contributed by atoms with E-state index < -0.39 is 0 Å². The third-order valence-corrected chi connectivity index (χ3v) is 3.14. The van der Waals surface area contributed by atoms with E-state index in [-0.39, 0.29) is 11.2 Å². The van der Waals surface area contributed by atoms with Gasteiger partial charge in [-0.25, -0.2) is 15.0 Å². The topological polar surface area (TPSA) is 86.7 Å². The molecular formula is C12H13N5O. The zero-order valence-electron chi connectivity index (χ0n) is 9.83. The Morgan fingerprint density at radius 3 is 3.00 bits per heavy atom. The van der Waals surface area contributed by atoms with Crippen LogP contribution in [0.1, 0.15) is 18.7 Å². The largest absolute Gasteiger partial charge is 0.392 e. The lowest BCUT2D eigenvalue weighted by Crippen LogP contribution is -2.30. The van der Waals surface area contributed by atoms with Gasteiger partial charge in [0.05, 0.1) is 5.69 Å². The van der Waals surface area contributed by atoms with Crippen molar-refractivity contribution in [2.45, 2.75) is 25.8 Å². The van der Waals surface area contributed by atoms with E-state index in [0.29, 0.717) is 17.9 Å². The van der Waals surface area contributed by atoms with Gasteiger partial charge in [-0.1, -0.05) is 0 Å². The van der Waals surface area contributed by atoms with Gasteiger partial charge in [0.15, 0.2) is 0 Å². The molecule has 6 heteroatoms. The average Bonchev–Trinajstić information content (AvgIpc) is 2.44. The lowest BCUT2D eigenvalue weighted by Gasteiger charge is -2.18. The van der Waals surface area contributed by atoms with E-state index in [1.165, 1.54) is 6.33 Å². The van der Waals surface area contributed by atoms with Crippen LogP contribution in [0.2, 0.25) is 0 Å². The summed E-state index contributed by atoms with van der Waals surface area (Å²) in [6.07, 6.45) is 5.90. The smallest absolute Gasteiger partial charge is 0.277 e. The van der Waals surface area contributed by atoms with E-state index in [1.807, 2.05) is 0 Å². The molecule has 2 N–H and O–H groups in total.